The molecule has 0 atom stereocenters. The van der Waals surface area contributed by atoms with Crippen LogP contribution in [0.15, 0.2) is 48.7 Å². The van der Waals surface area contributed by atoms with E-state index < -0.39 is 5.97 Å². The molecule has 6 nitrogen and oxygen atoms in total. The van der Waals surface area contributed by atoms with Crippen LogP contribution in [0.2, 0.25) is 0 Å². The van der Waals surface area contributed by atoms with Crippen LogP contribution in [0.3, 0.4) is 0 Å². The number of fused-ring (bicyclic) bond motifs is 1. The topological polar surface area (TPSA) is 74.9 Å². The fraction of sp³-hybridized carbons (Fsp3) is 0.227. The van der Waals surface area contributed by atoms with Crippen LogP contribution in [0.1, 0.15) is 23.2 Å². The molecule has 28 heavy (non-hydrogen) atoms. The van der Waals surface area contributed by atoms with Crippen molar-refractivity contribution in [2.24, 2.45) is 0 Å². The van der Waals surface area contributed by atoms with Gasteiger partial charge in [0.1, 0.15) is 5.65 Å². The lowest BCUT2D eigenvalue weighted by molar-refractivity contribution is -0.137. The molecule has 2 heterocycles. The van der Waals surface area contributed by atoms with Gasteiger partial charge in [-0.05, 0) is 37.6 Å². The van der Waals surface area contributed by atoms with Crippen molar-refractivity contribution in [1.82, 2.24) is 14.3 Å². The maximum absolute atomic E-state index is 12.3. The second-order valence-corrected chi connectivity index (χ2v) is 6.88. The minimum Gasteiger partial charge on any atom is -0.481 e. The summed E-state index contributed by atoms with van der Waals surface area (Å²) in [7, 11) is 1.59. The molecular weight excluding hydrogens is 354 g/mol. The quantitative estimate of drug-likeness (QED) is 0.667. The molecule has 0 radical (unpaired) electrons. The van der Waals surface area contributed by atoms with E-state index in [1.165, 1.54) is 11.0 Å². The van der Waals surface area contributed by atoms with E-state index in [9.17, 15) is 9.59 Å². The minimum atomic E-state index is -0.928. The molecule has 3 aromatic rings. The van der Waals surface area contributed by atoms with Crippen molar-refractivity contribution in [1.29, 1.82) is 0 Å². The van der Waals surface area contributed by atoms with Crippen LogP contribution in [0, 0.1) is 13.8 Å². The molecule has 0 spiro atoms. The largest absolute Gasteiger partial charge is 0.481 e. The minimum absolute atomic E-state index is 0.0837. The van der Waals surface area contributed by atoms with Gasteiger partial charge in [0.15, 0.2) is 0 Å². The highest BCUT2D eigenvalue weighted by Crippen LogP contribution is 2.26. The fourth-order valence-electron chi connectivity index (χ4n) is 2.90. The number of aromatic nitrogens is 2. The Hall–Kier alpha value is -3.41. The number of likely N-dealkylation sites (N-methyl/N-ethyl adjacent to an activating group) is 1. The summed E-state index contributed by atoms with van der Waals surface area (Å²) in [5, 5.41) is 8.78. The Kier molecular flexibility index (Phi) is 5.59. The first kappa shape index (κ1) is 19.4. The van der Waals surface area contributed by atoms with Crippen LogP contribution in [-0.4, -0.2) is 44.9 Å². The van der Waals surface area contributed by atoms with Gasteiger partial charge in [-0.2, -0.15) is 0 Å². The van der Waals surface area contributed by atoms with Crippen molar-refractivity contribution >= 4 is 23.6 Å². The van der Waals surface area contributed by atoms with Crippen molar-refractivity contribution in [3.05, 3.63) is 65.5 Å². The second kappa shape index (κ2) is 8.08. The van der Waals surface area contributed by atoms with E-state index in [0.717, 1.165) is 33.7 Å². The number of hydrogen-bond donors (Lipinski definition) is 1. The summed E-state index contributed by atoms with van der Waals surface area (Å²) in [5.41, 5.74) is 5.64. The molecule has 0 aliphatic rings. The molecule has 0 aliphatic heterocycles. The number of amides is 1. The van der Waals surface area contributed by atoms with Gasteiger partial charge in [0.25, 0.3) is 0 Å². The SMILES string of the molecule is Cc1ccc(-c2nc3cc(C)ccn3c2/C=C/C(=O)N(C)CCC(=O)O)cc1. The molecule has 1 amide bonds. The lowest BCUT2D eigenvalue weighted by Gasteiger charge is -2.13. The molecule has 0 unspecified atom stereocenters. The number of rotatable bonds is 6. The zero-order chi connectivity index (χ0) is 20.3. The van der Waals surface area contributed by atoms with Crippen molar-refractivity contribution in [2.45, 2.75) is 20.3 Å². The average Bonchev–Trinajstić information content (AvgIpc) is 3.02. The van der Waals surface area contributed by atoms with E-state index in [1.807, 2.05) is 60.8 Å². The Bertz CT molecular complexity index is 1050. The molecule has 1 aromatic carbocycles. The van der Waals surface area contributed by atoms with Crippen LogP contribution in [0.5, 0.6) is 0 Å². The molecule has 0 saturated carbocycles. The summed E-state index contributed by atoms with van der Waals surface area (Å²) >= 11 is 0. The Balaban J connectivity index is 1.98. The summed E-state index contributed by atoms with van der Waals surface area (Å²) in [6.07, 6.45) is 5.06. The highest BCUT2D eigenvalue weighted by atomic mass is 16.4. The predicted molar refractivity (Wildman–Crippen MR) is 109 cm³/mol. The summed E-state index contributed by atoms with van der Waals surface area (Å²) < 4.78 is 1.95. The molecule has 0 saturated heterocycles. The molecule has 144 valence electrons. The summed E-state index contributed by atoms with van der Waals surface area (Å²) in [5.74, 6) is -1.18. The van der Waals surface area contributed by atoms with Gasteiger partial charge in [-0.25, -0.2) is 4.98 Å². The first-order valence-corrected chi connectivity index (χ1v) is 9.06. The summed E-state index contributed by atoms with van der Waals surface area (Å²) in [6.45, 7) is 4.20. The number of aryl methyl sites for hydroxylation is 2. The number of carbonyl (C=O) groups excluding carboxylic acids is 1. The number of pyridine rings is 1. The van der Waals surface area contributed by atoms with Gasteiger partial charge in [0.2, 0.25) is 5.91 Å². The number of aliphatic carboxylic acids is 1. The first-order chi connectivity index (χ1) is 13.3. The van der Waals surface area contributed by atoms with Crippen LogP contribution >= 0.6 is 0 Å². The Labute approximate surface area is 163 Å². The van der Waals surface area contributed by atoms with E-state index in [2.05, 4.69) is 0 Å². The summed E-state index contributed by atoms with van der Waals surface area (Å²) in [4.78, 5) is 29.2. The average molecular weight is 377 g/mol. The molecule has 0 fully saturated rings. The van der Waals surface area contributed by atoms with Crippen molar-refractivity contribution < 1.29 is 14.7 Å². The first-order valence-electron chi connectivity index (χ1n) is 9.06. The van der Waals surface area contributed by atoms with Gasteiger partial charge < -0.3 is 10.0 Å². The Morgan fingerprint density at radius 2 is 1.86 bits per heavy atom. The smallest absolute Gasteiger partial charge is 0.305 e. The third-order valence-electron chi connectivity index (χ3n) is 4.56. The van der Waals surface area contributed by atoms with Gasteiger partial charge in [-0.15, -0.1) is 0 Å². The zero-order valence-electron chi connectivity index (χ0n) is 16.2. The monoisotopic (exact) mass is 377 g/mol. The van der Waals surface area contributed by atoms with Gasteiger partial charge in [0, 0.05) is 31.4 Å². The second-order valence-electron chi connectivity index (χ2n) is 6.88. The number of imidazole rings is 1. The zero-order valence-corrected chi connectivity index (χ0v) is 16.2. The standard InChI is InChI=1S/C22H23N3O3/c1-15-4-6-17(7-5-15)22-18(25-13-10-16(2)14-19(25)23-22)8-9-20(26)24(3)12-11-21(27)28/h4-10,13-14H,11-12H2,1-3H3,(H,27,28)/b9-8+. The van der Waals surface area contributed by atoms with Crippen LogP contribution in [0.4, 0.5) is 0 Å². The number of benzene rings is 1. The van der Waals surface area contributed by atoms with Gasteiger partial charge in [0.05, 0.1) is 17.8 Å². The van der Waals surface area contributed by atoms with E-state index in [4.69, 9.17) is 10.1 Å². The lowest BCUT2D eigenvalue weighted by atomic mass is 10.1. The van der Waals surface area contributed by atoms with Gasteiger partial charge in [-0.3, -0.25) is 14.0 Å². The van der Waals surface area contributed by atoms with Crippen LogP contribution < -0.4 is 0 Å². The Morgan fingerprint density at radius 1 is 1.14 bits per heavy atom. The molecule has 3 rings (SSSR count). The fourth-order valence-corrected chi connectivity index (χ4v) is 2.90. The van der Waals surface area contributed by atoms with E-state index in [-0.39, 0.29) is 18.9 Å². The summed E-state index contributed by atoms with van der Waals surface area (Å²) in [6, 6.07) is 12.1. The molecule has 0 aliphatic carbocycles. The number of carboxylic acids is 1. The third-order valence-corrected chi connectivity index (χ3v) is 4.56. The highest BCUT2D eigenvalue weighted by Gasteiger charge is 2.13. The maximum Gasteiger partial charge on any atom is 0.305 e. The number of nitrogens with zero attached hydrogens (tertiary/aromatic N) is 3. The number of hydrogen-bond acceptors (Lipinski definition) is 3. The van der Waals surface area contributed by atoms with Crippen LogP contribution in [-0.2, 0) is 9.59 Å². The van der Waals surface area contributed by atoms with Gasteiger partial charge in [-0.1, -0.05) is 29.8 Å². The molecule has 1 N–H and O–H groups in total. The predicted octanol–water partition coefficient (Wildman–Crippen LogP) is 3.56. The van der Waals surface area contributed by atoms with E-state index in [1.54, 1.807) is 13.1 Å². The van der Waals surface area contributed by atoms with Gasteiger partial charge >= 0.3 is 5.97 Å². The van der Waals surface area contributed by atoms with Crippen molar-refractivity contribution in [2.75, 3.05) is 13.6 Å². The van der Waals surface area contributed by atoms with Crippen molar-refractivity contribution in [3.8, 4) is 11.3 Å². The van der Waals surface area contributed by atoms with E-state index >= 15 is 0 Å². The number of carboxylic acid groups (broad SMARTS) is 1. The molecule has 0 bridgehead atoms. The maximum atomic E-state index is 12.3. The normalized spacial score (nSPS) is 11.2. The lowest BCUT2D eigenvalue weighted by Crippen LogP contribution is -2.27. The van der Waals surface area contributed by atoms with Crippen molar-refractivity contribution in [3.63, 3.8) is 0 Å². The third kappa shape index (κ3) is 4.28. The molecule has 6 heteroatoms. The van der Waals surface area contributed by atoms with Crippen LogP contribution in [0.25, 0.3) is 23.0 Å². The Morgan fingerprint density at radius 3 is 2.54 bits per heavy atom. The number of carbonyl (C=O) groups is 2. The highest BCUT2D eigenvalue weighted by molar-refractivity contribution is 5.93. The molecular formula is C22H23N3O3. The van der Waals surface area contributed by atoms with E-state index in [0.29, 0.717) is 0 Å². The molecule has 2 aromatic heterocycles.